The molecule has 0 radical (unpaired) electrons. The summed E-state index contributed by atoms with van der Waals surface area (Å²) in [7, 11) is 1.31. The molecule has 0 aliphatic carbocycles. The molecule has 3 heterocycles. The lowest BCUT2D eigenvalue weighted by Crippen LogP contribution is -2.47. The van der Waals surface area contributed by atoms with Crippen molar-refractivity contribution in [3.8, 4) is 5.88 Å². The molecule has 1 saturated heterocycles. The molecule has 0 spiro atoms. The lowest BCUT2D eigenvalue weighted by molar-refractivity contribution is -0.138. The van der Waals surface area contributed by atoms with Gasteiger partial charge in [-0.2, -0.15) is 22.5 Å². The van der Waals surface area contributed by atoms with Crippen molar-refractivity contribution < 1.29 is 22.3 Å². The van der Waals surface area contributed by atoms with Crippen LogP contribution in [0.5, 0.6) is 5.88 Å². The third kappa shape index (κ3) is 3.32. The third-order valence-electron chi connectivity index (χ3n) is 3.38. The van der Waals surface area contributed by atoms with Crippen molar-refractivity contribution in [2.75, 3.05) is 43.1 Å². The van der Waals surface area contributed by atoms with Gasteiger partial charge in [-0.25, -0.2) is 4.98 Å². The fourth-order valence-corrected chi connectivity index (χ4v) is 2.96. The van der Waals surface area contributed by atoms with Crippen LogP contribution in [0.25, 0.3) is 0 Å². The first-order valence-corrected chi connectivity index (χ1v) is 7.67. The van der Waals surface area contributed by atoms with Crippen LogP contribution in [0, 0.1) is 5.82 Å². The highest BCUT2D eigenvalue weighted by Crippen LogP contribution is 2.34. The molecule has 130 valence electrons. The van der Waals surface area contributed by atoms with Gasteiger partial charge in [0.1, 0.15) is 0 Å². The molecule has 2 aromatic heterocycles. The van der Waals surface area contributed by atoms with Gasteiger partial charge in [0.25, 0.3) is 5.88 Å². The SMILES string of the molecule is COc1nc(N2CCN(c3nnc(C(F)(F)F)s3)CC2)ncc1F. The Balaban J connectivity index is 1.66. The average Bonchev–Trinajstić information content (AvgIpc) is 3.06. The van der Waals surface area contributed by atoms with E-state index in [0.29, 0.717) is 43.5 Å². The van der Waals surface area contributed by atoms with Crippen LogP contribution in [-0.2, 0) is 6.18 Å². The Labute approximate surface area is 137 Å². The molecule has 24 heavy (non-hydrogen) atoms. The molecule has 0 saturated carbocycles. The van der Waals surface area contributed by atoms with E-state index in [9.17, 15) is 17.6 Å². The summed E-state index contributed by atoms with van der Waals surface area (Å²) >= 11 is 0.511. The zero-order valence-corrected chi connectivity index (χ0v) is 13.2. The summed E-state index contributed by atoms with van der Waals surface area (Å²) in [5, 5.41) is 6.03. The summed E-state index contributed by atoms with van der Waals surface area (Å²) < 4.78 is 55.9. The van der Waals surface area contributed by atoms with Gasteiger partial charge >= 0.3 is 6.18 Å². The molecule has 0 atom stereocenters. The van der Waals surface area contributed by atoms with E-state index < -0.39 is 17.0 Å². The van der Waals surface area contributed by atoms with E-state index >= 15 is 0 Å². The van der Waals surface area contributed by atoms with E-state index in [1.54, 1.807) is 9.80 Å². The first-order chi connectivity index (χ1) is 11.4. The number of piperazine rings is 1. The molecule has 0 bridgehead atoms. The van der Waals surface area contributed by atoms with Crippen molar-refractivity contribution in [2.45, 2.75) is 6.18 Å². The fraction of sp³-hybridized carbons (Fsp3) is 0.500. The van der Waals surface area contributed by atoms with E-state index in [0.717, 1.165) is 6.20 Å². The Hall–Kier alpha value is -2.24. The second-order valence-electron chi connectivity index (χ2n) is 4.89. The Kier molecular flexibility index (Phi) is 4.39. The maximum atomic E-state index is 13.3. The lowest BCUT2D eigenvalue weighted by Gasteiger charge is -2.34. The molecule has 0 aromatic carbocycles. The quantitative estimate of drug-likeness (QED) is 0.770. The molecule has 3 rings (SSSR count). The lowest BCUT2D eigenvalue weighted by atomic mass is 10.3. The van der Waals surface area contributed by atoms with Crippen molar-refractivity contribution >= 4 is 22.4 Å². The molecule has 0 amide bonds. The van der Waals surface area contributed by atoms with Gasteiger partial charge in [-0.15, -0.1) is 10.2 Å². The van der Waals surface area contributed by atoms with Gasteiger partial charge in [0.15, 0.2) is 0 Å². The first kappa shape index (κ1) is 16.6. The van der Waals surface area contributed by atoms with Gasteiger partial charge in [0, 0.05) is 26.2 Å². The number of rotatable bonds is 3. The molecule has 0 unspecified atom stereocenters. The molecule has 1 fully saturated rings. The molecule has 0 N–H and O–H groups in total. The minimum atomic E-state index is -4.49. The van der Waals surface area contributed by atoms with Crippen molar-refractivity contribution in [1.82, 2.24) is 20.2 Å². The van der Waals surface area contributed by atoms with Crippen LogP contribution in [0.3, 0.4) is 0 Å². The van der Waals surface area contributed by atoms with Crippen molar-refractivity contribution in [1.29, 1.82) is 0 Å². The van der Waals surface area contributed by atoms with Crippen LogP contribution < -0.4 is 14.5 Å². The highest BCUT2D eigenvalue weighted by molar-refractivity contribution is 7.15. The number of ether oxygens (including phenoxy) is 1. The number of methoxy groups -OCH3 is 1. The number of nitrogens with zero attached hydrogens (tertiary/aromatic N) is 6. The number of aromatic nitrogens is 4. The van der Waals surface area contributed by atoms with Crippen molar-refractivity contribution in [2.24, 2.45) is 0 Å². The molecule has 1 aliphatic rings. The summed E-state index contributed by atoms with van der Waals surface area (Å²) in [6, 6.07) is 0. The highest BCUT2D eigenvalue weighted by atomic mass is 32.1. The normalized spacial score (nSPS) is 15.7. The van der Waals surface area contributed by atoms with Crippen LogP contribution >= 0.6 is 11.3 Å². The van der Waals surface area contributed by atoms with E-state index in [2.05, 4.69) is 20.2 Å². The predicted octanol–water partition coefficient (Wildman–Crippen LogP) is 1.82. The summed E-state index contributed by atoms with van der Waals surface area (Å²) in [6.07, 6.45) is -3.47. The number of hydrogen-bond acceptors (Lipinski definition) is 8. The molecule has 2 aromatic rings. The minimum absolute atomic E-state index is 0.152. The van der Waals surface area contributed by atoms with Crippen molar-refractivity contribution in [3.63, 3.8) is 0 Å². The number of hydrogen-bond donors (Lipinski definition) is 0. The Morgan fingerprint density at radius 1 is 1.12 bits per heavy atom. The third-order valence-corrected chi connectivity index (χ3v) is 4.41. The van der Waals surface area contributed by atoms with Gasteiger partial charge in [0.05, 0.1) is 13.3 Å². The highest BCUT2D eigenvalue weighted by Gasteiger charge is 2.36. The predicted molar refractivity (Wildman–Crippen MR) is 77.9 cm³/mol. The number of halogens is 4. The monoisotopic (exact) mass is 364 g/mol. The van der Waals surface area contributed by atoms with Crippen LogP contribution in [-0.4, -0.2) is 53.5 Å². The largest absolute Gasteiger partial charge is 0.479 e. The Morgan fingerprint density at radius 3 is 2.38 bits per heavy atom. The van der Waals surface area contributed by atoms with Crippen LogP contribution in [0.4, 0.5) is 28.6 Å². The van der Waals surface area contributed by atoms with Crippen molar-refractivity contribution in [3.05, 3.63) is 17.0 Å². The smallest absolute Gasteiger partial charge is 0.445 e. The molecular formula is C12H12F4N6OS. The second-order valence-corrected chi connectivity index (χ2v) is 5.84. The molecule has 7 nitrogen and oxygen atoms in total. The van der Waals surface area contributed by atoms with Gasteiger partial charge < -0.3 is 14.5 Å². The topological polar surface area (TPSA) is 67.3 Å². The van der Waals surface area contributed by atoms with Crippen LogP contribution in [0.1, 0.15) is 5.01 Å². The van der Waals surface area contributed by atoms with E-state index in [-0.39, 0.29) is 11.0 Å². The summed E-state index contributed by atoms with van der Waals surface area (Å²) in [6.45, 7) is 1.76. The fourth-order valence-electron chi connectivity index (χ4n) is 2.19. The number of alkyl halides is 3. The van der Waals surface area contributed by atoms with E-state index in [1.165, 1.54) is 7.11 Å². The summed E-state index contributed by atoms with van der Waals surface area (Å²) in [4.78, 5) is 11.4. The van der Waals surface area contributed by atoms with Crippen LogP contribution in [0.2, 0.25) is 0 Å². The summed E-state index contributed by atoms with van der Waals surface area (Å²) in [5.41, 5.74) is 0. The van der Waals surface area contributed by atoms with Gasteiger partial charge in [-0.3, -0.25) is 0 Å². The second kappa shape index (κ2) is 6.34. The Morgan fingerprint density at radius 2 is 1.79 bits per heavy atom. The molecule has 12 heteroatoms. The van der Waals surface area contributed by atoms with E-state index in [1.807, 2.05) is 0 Å². The maximum Gasteiger partial charge on any atom is 0.445 e. The standard InChI is InChI=1S/C12H12F4N6OS/c1-23-8-7(13)6-17-10(18-8)21-2-4-22(5-3-21)11-20-19-9(24-11)12(14,15)16/h6H,2-5H2,1H3. The summed E-state index contributed by atoms with van der Waals surface area (Å²) in [5.74, 6) is -0.504. The van der Waals surface area contributed by atoms with Crippen LogP contribution in [0.15, 0.2) is 6.20 Å². The van der Waals surface area contributed by atoms with Gasteiger partial charge in [-0.05, 0) is 0 Å². The minimum Gasteiger partial charge on any atom is -0.479 e. The zero-order chi connectivity index (χ0) is 17.3. The van der Waals surface area contributed by atoms with Gasteiger partial charge in [-0.1, -0.05) is 11.3 Å². The first-order valence-electron chi connectivity index (χ1n) is 6.85. The average molecular weight is 364 g/mol. The molecular weight excluding hydrogens is 352 g/mol. The van der Waals surface area contributed by atoms with E-state index in [4.69, 9.17) is 4.74 Å². The zero-order valence-electron chi connectivity index (χ0n) is 12.4. The number of anilines is 2. The molecule has 1 aliphatic heterocycles. The maximum absolute atomic E-state index is 13.3. The Bertz CT molecular complexity index is 716. The van der Waals surface area contributed by atoms with Gasteiger partial charge in [0.2, 0.25) is 21.9 Å².